The molecule has 172 valence electrons. The van der Waals surface area contributed by atoms with Crippen LogP contribution in [0.15, 0.2) is 54.6 Å². The van der Waals surface area contributed by atoms with Gasteiger partial charge in [0, 0.05) is 39.1 Å². The molecule has 2 aromatic carbocycles. The first kappa shape index (κ1) is 23.9. The minimum Gasteiger partial charge on any atom is -0.379 e. The molecular formula is C25H32FN3O3. The van der Waals surface area contributed by atoms with Gasteiger partial charge in [-0.25, -0.2) is 4.39 Å². The molecule has 2 amide bonds. The Balaban J connectivity index is 1.79. The predicted octanol–water partition coefficient (Wildman–Crippen LogP) is 3.14. The summed E-state index contributed by atoms with van der Waals surface area (Å²) in [6.45, 7) is 6.51. The topological polar surface area (TPSA) is 61.9 Å². The van der Waals surface area contributed by atoms with Crippen LogP contribution >= 0.6 is 0 Å². The molecule has 0 aromatic heterocycles. The molecule has 1 saturated heterocycles. The van der Waals surface area contributed by atoms with Crippen molar-refractivity contribution in [1.29, 1.82) is 0 Å². The molecule has 1 aliphatic rings. The van der Waals surface area contributed by atoms with Crippen LogP contribution in [0.4, 0.5) is 4.39 Å². The molecule has 6 nitrogen and oxygen atoms in total. The highest BCUT2D eigenvalue weighted by Gasteiger charge is 2.31. The van der Waals surface area contributed by atoms with Crippen molar-refractivity contribution in [3.63, 3.8) is 0 Å². The van der Waals surface area contributed by atoms with Gasteiger partial charge in [-0.3, -0.25) is 14.5 Å². The minimum absolute atomic E-state index is 0.103. The van der Waals surface area contributed by atoms with E-state index in [4.69, 9.17) is 4.74 Å². The Morgan fingerprint density at radius 1 is 1.09 bits per heavy atom. The fourth-order valence-electron chi connectivity index (χ4n) is 3.83. The van der Waals surface area contributed by atoms with E-state index in [0.717, 1.165) is 30.8 Å². The maximum atomic E-state index is 13.4. The Bertz CT molecular complexity index is 854. The number of halogens is 1. The Hall–Kier alpha value is -2.77. The molecule has 1 fully saturated rings. The smallest absolute Gasteiger partial charge is 0.247 e. The normalized spacial score (nSPS) is 15.2. The van der Waals surface area contributed by atoms with Gasteiger partial charge in [-0.1, -0.05) is 49.4 Å². The van der Waals surface area contributed by atoms with Crippen LogP contribution in [0.25, 0.3) is 0 Å². The van der Waals surface area contributed by atoms with E-state index < -0.39 is 6.04 Å². The number of ether oxygens (including phenoxy) is 1. The van der Waals surface area contributed by atoms with Crippen LogP contribution in [-0.2, 0) is 20.9 Å². The van der Waals surface area contributed by atoms with Crippen LogP contribution in [0.5, 0.6) is 0 Å². The van der Waals surface area contributed by atoms with Crippen molar-refractivity contribution >= 4 is 11.8 Å². The molecular weight excluding hydrogens is 409 g/mol. The summed E-state index contributed by atoms with van der Waals surface area (Å²) in [7, 11) is 0. The van der Waals surface area contributed by atoms with Gasteiger partial charge in [-0.15, -0.1) is 0 Å². The summed E-state index contributed by atoms with van der Waals surface area (Å²) in [5.74, 6) is -0.648. The summed E-state index contributed by atoms with van der Waals surface area (Å²) in [5.41, 5.74) is 1.53. The van der Waals surface area contributed by atoms with Crippen LogP contribution < -0.4 is 5.32 Å². The van der Waals surface area contributed by atoms with Gasteiger partial charge in [0.25, 0.3) is 0 Å². The van der Waals surface area contributed by atoms with Crippen molar-refractivity contribution in [2.45, 2.75) is 32.4 Å². The maximum absolute atomic E-state index is 13.4. The second-order valence-electron chi connectivity index (χ2n) is 7.96. The lowest BCUT2D eigenvalue weighted by molar-refractivity contribution is -0.141. The molecule has 7 heteroatoms. The first-order valence-corrected chi connectivity index (χ1v) is 11.2. The molecule has 1 N–H and O–H groups in total. The van der Waals surface area contributed by atoms with E-state index in [9.17, 15) is 14.0 Å². The standard InChI is InChI=1S/C25H32FN3O3/c1-2-6-23(30)29(19-20-9-11-22(26)12-10-20)24(21-7-4-3-5-8-21)25(31)27-13-14-28-15-17-32-18-16-28/h3-5,7-12,24H,2,6,13-19H2,1H3,(H,27,31)/t24-/m1/s1. The second-order valence-corrected chi connectivity index (χ2v) is 7.96. The summed E-state index contributed by atoms with van der Waals surface area (Å²) in [5, 5.41) is 3.03. The van der Waals surface area contributed by atoms with Gasteiger partial charge in [0.05, 0.1) is 13.2 Å². The molecule has 1 atom stereocenters. The molecule has 1 heterocycles. The van der Waals surface area contributed by atoms with Crippen LogP contribution in [0, 0.1) is 5.82 Å². The minimum atomic E-state index is -0.759. The van der Waals surface area contributed by atoms with Gasteiger partial charge in [0.2, 0.25) is 11.8 Å². The van der Waals surface area contributed by atoms with E-state index in [0.29, 0.717) is 32.6 Å². The summed E-state index contributed by atoms with van der Waals surface area (Å²) < 4.78 is 18.8. The molecule has 0 radical (unpaired) electrons. The average molecular weight is 442 g/mol. The van der Waals surface area contributed by atoms with Gasteiger partial charge >= 0.3 is 0 Å². The largest absolute Gasteiger partial charge is 0.379 e. The third-order valence-electron chi connectivity index (χ3n) is 5.56. The number of benzene rings is 2. The number of hydrogen-bond acceptors (Lipinski definition) is 4. The third-order valence-corrected chi connectivity index (χ3v) is 5.56. The zero-order valence-electron chi connectivity index (χ0n) is 18.6. The third kappa shape index (κ3) is 6.87. The van der Waals surface area contributed by atoms with Crippen molar-refractivity contribution in [2.75, 3.05) is 39.4 Å². The Morgan fingerprint density at radius 3 is 2.44 bits per heavy atom. The molecule has 0 unspecified atom stereocenters. The lowest BCUT2D eigenvalue weighted by Gasteiger charge is -2.32. The quantitative estimate of drug-likeness (QED) is 0.615. The highest BCUT2D eigenvalue weighted by atomic mass is 19.1. The van der Waals surface area contributed by atoms with E-state index in [2.05, 4.69) is 10.2 Å². The molecule has 0 aliphatic carbocycles. The highest BCUT2D eigenvalue weighted by Crippen LogP contribution is 2.25. The van der Waals surface area contributed by atoms with Gasteiger partial charge in [0.15, 0.2) is 0 Å². The van der Waals surface area contributed by atoms with Crippen LogP contribution in [0.3, 0.4) is 0 Å². The lowest BCUT2D eigenvalue weighted by Crippen LogP contribution is -2.46. The van der Waals surface area contributed by atoms with E-state index >= 15 is 0 Å². The zero-order valence-corrected chi connectivity index (χ0v) is 18.6. The first-order chi connectivity index (χ1) is 15.6. The van der Waals surface area contributed by atoms with Gasteiger partial charge < -0.3 is 15.0 Å². The van der Waals surface area contributed by atoms with Crippen molar-refractivity contribution in [3.8, 4) is 0 Å². The van der Waals surface area contributed by atoms with Crippen molar-refractivity contribution in [1.82, 2.24) is 15.1 Å². The highest BCUT2D eigenvalue weighted by molar-refractivity contribution is 5.88. The van der Waals surface area contributed by atoms with Gasteiger partial charge in [0.1, 0.15) is 11.9 Å². The SMILES string of the molecule is CCCC(=O)N(Cc1ccc(F)cc1)[C@@H](C(=O)NCCN1CCOCC1)c1ccccc1. The number of morpholine rings is 1. The number of amides is 2. The van der Waals surface area contributed by atoms with E-state index in [-0.39, 0.29) is 24.2 Å². The van der Waals surface area contributed by atoms with E-state index in [1.54, 1.807) is 17.0 Å². The number of rotatable bonds is 10. The Labute approximate surface area is 189 Å². The fourth-order valence-corrected chi connectivity index (χ4v) is 3.83. The summed E-state index contributed by atoms with van der Waals surface area (Å²) >= 11 is 0. The lowest BCUT2D eigenvalue weighted by atomic mass is 10.0. The first-order valence-electron chi connectivity index (χ1n) is 11.2. The number of carbonyl (C=O) groups is 2. The Morgan fingerprint density at radius 2 is 1.78 bits per heavy atom. The monoisotopic (exact) mass is 441 g/mol. The maximum Gasteiger partial charge on any atom is 0.247 e. The predicted molar refractivity (Wildman–Crippen MR) is 121 cm³/mol. The molecule has 32 heavy (non-hydrogen) atoms. The molecule has 0 bridgehead atoms. The molecule has 0 saturated carbocycles. The van der Waals surface area contributed by atoms with Gasteiger partial charge in [-0.2, -0.15) is 0 Å². The van der Waals surface area contributed by atoms with Crippen LogP contribution in [0.2, 0.25) is 0 Å². The fraction of sp³-hybridized carbons (Fsp3) is 0.440. The summed E-state index contributed by atoms with van der Waals surface area (Å²) in [6, 6.07) is 14.6. The van der Waals surface area contributed by atoms with Gasteiger partial charge in [-0.05, 0) is 29.7 Å². The summed E-state index contributed by atoms with van der Waals surface area (Å²) in [4.78, 5) is 30.3. The second kappa shape index (κ2) is 12.3. The number of nitrogens with one attached hydrogen (secondary N) is 1. The van der Waals surface area contributed by atoms with Crippen molar-refractivity contribution in [3.05, 3.63) is 71.5 Å². The molecule has 3 rings (SSSR count). The van der Waals surface area contributed by atoms with Crippen LogP contribution in [-0.4, -0.2) is 61.0 Å². The molecule has 2 aromatic rings. The van der Waals surface area contributed by atoms with Crippen LogP contribution in [0.1, 0.15) is 36.9 Å². The van der Waals surface area contributed by atoms with Crippen molar-refractivity contribution in [2.24, 2.45) is 0 Å². The summed E-state index contributed by atoms with van der Waals surface area (Å²) in [6.07, 6.45) is 1.02. The van der Waals surface area contributed by atoms with E-state index in [1.165, 1.54) is 12.1 Å². The number of carbonyl (C=O) groups excluding carboxylic acids is 2. The Kier molecular flexibility index (Phi) is 9.19. The van der Waals surface area contributed by atoms with E-state index in [1.807, 2.05) is 37.3 Å². The number of nitrogens with zero attached hydrogens (tertiary/aromatic N) is 2. The average Bonchev–Trinajstić information content (AvgIpc) is 2.81. The molecule has 0 spiro atoms. The zero-order chi connectivity index (χ0) is 22.8. The number of hydrogen-bond donors (Lipinski definition) is 1. The molecule has 1 aliphatic heterocycles. The van der Waals surface area contributed by atoms with Crippen molar-refractivity contribution < 1.29 is 18.7 Å².